The Morgan fingerprint density at radius 2 is 2.16 bits per heavy atom. The maximum Gasteiger partial charge on any atom is 0.240 e. The average Bonchev–Trinajstić information content (AvgIpc) is 2.96. The molecule has 0 saturated carbocycles. The Morgan fingerprint density at radius 1 is 1.32 bits per heavy atom. The van der Waals surface area contributed by atoms with Gasteiger partial charge in [0.2, 0.25) is 5.89 Å². The number of rotatable bonds is 4. The van der Waals surface area contributed by atoms with Gasteiger partial charge in [-0.3, -0.25) is 0 Å². The summed E-state index contributed by atoms with van der Waals surface area (Å²) in [6, 6.07) is 8.14. The van der Waals surface area contributed by atoms with E-state index in [2.05, 4.69) is 21.5 Å². The van der Waals surface area contributed by atoms with Crippen LogP contribution in [0.15, 0.2) is 28.8 Å². The van der Waals surface area contributed by atoms with E-state index in [1.54, 1.807) is 18.3 Å². The summed E-state index contributed by atoms with van der Waals surface area (Å²) in [5.41, 5.74) is 0. The van der Waals surface area contributed by atoms with Crippen LogP contribution in [0.5, 0.6) is 0 Å². The fourth-order valence-corrected chi connectivity index (χ4v) is 3.34. The summed E-state index contributed by atoms with van der Waals surface area (Å²) in [7, 11) is 0. The molecular weight excluding hydrogens is 282 g/mol. The first-order chi connectivity index (χ1) is 9.24. The summed E-state index contributed by atoms with van der Waals surface area (Å²) in [6.07, 6.45) is 0. The molecule has 0 saturated heterocycles. The van der Waals surface area contributed by atoms with Crippen molar-refractivity contribution >= 4 is 33.0 Å². The molecule has 0 unspecified atom stereocenters. The van der Waals surface area contributed by atoms with Crippen molar-refractivity contribution in [3.05, 3.63) is 45.9 Å². The molecule has 2 aromatic heterocycles. The number of hydrogen-bond acceptors (Lipinski definition) is 5. The number of thiophene rings is 1. The van der Waals surface area contributed by atoms with Gasteiger partial charge >= 0.3 is 0 Å². The predicted octanol–water partition coefficient (Wildman–Crippen LogP) is 3.54. The average molecular weight is 294 g/mol. The minimum atomic E-state index is 0.547. The fraction of sp³-hybridized carbons (Fsp3) is 0.231. The third-order valence-electron chi connectivity index (χ3n) is 2.73. The van der Waals surface area contributed by atoms with E-state index in [4.69, 9.17) is 16.1 Å². The van der Waals surface area contributed by atoms with Crippen LogP contribution in [-0.4, -0.2) is 10.1 Å². The van der Waals surface area contributed by atoms with Crippen molar-refractivity contribution < 1.29 is 4.52 Å². The highest BCUT2D eigenvalue weighted by Crippen LogP contribution is 2.34. The molecule has 0 amide bonds. The maximum atomic E-state index is 6.36. The van der Waals surface area contributed by atoms with Crippen molar-refractivity contribution in [1.82, 2.24) is 15.5 Å². The van der Waals surface area contributed by atoms with Crippen LogP contribution in [0.3, 0.4) is 0 Å². The molecule has 3 aromatic rings. The summed E-state index contributed by atoms with van der Waals surface area (Å²) >= 11 is 8.07. The predicted molar refractivity (Wildman–Crippen MR) is 76.4 cm³/mol. The first-order valence-corrected chi connectivity index (χ1v) is 7.09. The van der Waals surface area contributed by atoms with Gasteiger partial charge in [-0.2, -0.15) is 4.98 Å². The van der Waals surface area contributed by atoms with Crippen LogP contribution in [0.25, 0.3) is 10.1 Å². The number of halogens is 1. The summed E-state index contributed by atoms with van der Waals surface area (Å²) in [5, 5.41) is 8.95. The Bertz CT molecular complexity index is 707. The van der Waals surface area contributed by atoms with E-state index >= 15 is 0 Å². The van der Waals surface area contributed by atoms with Crippen LogP contribution in [-0.2, 0) is 13.1 Å². The highest BCUT2D eigenvalue weighted by Gasteiger charge is 2.10. The normalized spacial score (nSPS) is 11.3. The molecule has 0 spiro atoms. The van der Waals surface area contributed by atoms with E-state index in [0.717, 1.165) is 15.3 Å². The molecule has 2 heterocycles. The Hall–Kier alpha value is -1.43. The topological polar surface area (TPSA) is 51.0 Å². The van der Waals surface area contributed by atoms with E-state index < -0.39 is 0 Å². The lowest BCUT2D eigenvalue weighted by Gasteiger charge is -1.99. The number of aromatic nitrogens is 2. The van der Waals surface area contributed by atoms with E-state index in [0.29, 0.717) is 24.8 Å². The SMILES string of the molecule is Cc1noc(CNCc2sc3ccccc3c2Cl)n1. The van der Waals surface area contributed by atoms with Gasteiger partial charge in [-0.25, -0.2) is 0 Å². The molecule has 1 N–H and O–H groups in total. The molecule has 0 aliphatic rings. The quantitative estimate of drug-likeness (QED) is 0.799. The molecule has 0 radical (unpaired) electrons. The zero-order chi connectivity index (χ0) is 13.2. The van der Waals surface area contributed by atoms with Gasteiger partial charge in [-0.15, -0.1) is 11.3 Å². The Morgan fingerprint density at radius 3 is 2.89 bits per heavy atom. The first-order valence-electron chi connectivity index (χ1n) is 5.90. The lowest BCUT2D eigenvalue weighted by atomic mass is 10.2. The molecule has 0 fully saturated rings. The second-order valence-corrected chi connectivity index (χ2v) is 5.69. The van der Waals surface area contributed by atoms with Crippen molar-refractivity contribution in [3.63, 3.8) is 0 Å². The van der Waals surface area contributed by atoms with Crippen molar-refractivity contribution in [2.45, 2.75) is 20.0 Å². The minimum absolute atomic E-state index is 0.547. The monoisotopic (exact) mass is 293 g/mol. The molecule has 0 bridgehead atoms. The largest absolute Gasteiger partial charge is 0.338 e. The number of nitrogens with one attached hydrogen (secondary N) is 1. The highest BCUT2D eigenvalue weighted by molar-refractivity contribution is 7.19. The van der Waals surface area contributed by atoms with Crippen LogP contribution < -0.4 is 5.32 Å². The smallest absolute Gasteiger partial charge is 0.240 e. The van der Waals surface area contributed by atoms with Crippen molar-refractivity contribution in [2.24, 2.45) is 0 Å². The van der Waals surface area contributed by atoms with Crippen molar-refractivity contribution in [3.8, 4) is 0 Å². The number of benzene rings is 1. The van der Waals surface area contributed by atoms with E-state index in [9.17, 15) is 0 Å². The number of nitrogens with zero attached hydrogens (tertiary/aromatic N) is 2. The molecule has 98 valence electrons. The van der Waals surface area contributed by atoms with E-state index in [-0.39, 0.29) is 0 Å². The summed E-state index contributed by atoms with van der Waals surface area (Å²) in [4.78, 5) is 5.26. The van der Waals surface area contributed by atoms with Gasteiger partial charge in [0.25, 0.3) is 0 Å². The van der Waals surface area contributed by atoms with Gasteiger partial charge in [0.05, 0.1) is 11.6 Å². The summed E-state index contributed by atoms with van der Waals surface area (Å²) in [6.45, 7) is 3.04. The highest BCUT2D eigenvalue weighted by atomic mass is 35.5. The first kappa shape index (κ1) is 12.6. The van der Waals surface area contributed by atoms with Gasteiger partial charge in [0.15, 0.2) is 5.82 Å². The zero-order valence-electron chi connectivity index (χ0n) is 10.3. The van der Waals surface area contributed by atoms with Gasteiger partial charge in [-0.05, 0) is 13.0 Å². The molecule has 3 rings (SSSR count). The maximum absolute atomic E-state index is 6.36. The van der Waals surface area contributed by atoms with Gasteiger partial charge < -0.3 is 9.84 Å². The molecule has 0 atom stereocenters. The Balaban J connectivity index is 1.70. The standard InChI is InChI=1S/C13H12ClN3OS/c1-8-16-12(18-17-8)7-15-6-11-13(14)9-4-2-3-5-10(9)19-11/h2-5,15H,6-7H2,1H3. The van der Waals surface area contributed by atoms with Crippen LogP contribution in [0, 0.1) is 6.92 Å². The zero-order valence-corrected chi connectivity index (χ0v) is 11.9. The number of aryl methyl sites for hydroxylation is 1. The van der Waals surface area contributed by atoms with E-state index in [1.165, 1.54) is 4.70 Å². The third-order valence-corrected chi connectivity index (χ3v) is 4.45. The number of fused-ring (bicyclic) bond motifs is 1. The van der Waals surface area contributed by atoms with Crippen molar-refractivity contribution in [1.29, 1.82) is 0 Å². The third kappa shape index (κ3) is 2.63. The number of hydrogen-bond donors (Lipinski definition) is 1. The molecule has 0 aliphatic heterocycles. The van der Waals surface area contributed by atoms with Crippen molar-refractivity contribution in [2.75, 3.05) is 0 Å². The lowest BCUT2D eigenvalue weighted by Crippen LogP contribution is -2.12. The Kier molecular flexibility index (Phi) is 3.50. The molecule has 1 aromatic carbocycles. The van der Waals surface area contributed by atoms with Crippen LogP contribution in [0.1, 0.15) is 16.6 Å². The van der Waals surface area contributed by atoms with Gasteiger partial charge in [0, 0.05) is 21.5 Å². The molecular formula is C13H12ClN3OS. The van der Waals surface area contributed by atoms with Crippen LogP contribution in [0.2, 0.25) is 5.02 Å². The molecule has 4 nitrogen and oxygen atoms in total. The summed E-state index contributed by atoms with van der Waals surface area (Å²) in [5.74, 6) is 1.24. The summed E-state index contributed by atoms with van der Waals surface area (Å²) < 4.78 is 6.24. The Labute approximate surface area is 119 Å². The van der Waals surface area contributed by atoms with Gasteiger partial charge in [0.1, 0.15) is 0 Å². The lowest BCUT2D eigenvalue weighted by molar-refractivity contribution is 0.364. The second kappa shape index (κ2) is 5.28. The van der Waals surface area contributed by atoms with Gasteiger partial charge in [-0.1, -0.05) is 35.0 Å². The molecule has 6 heteroatoms. The molecule has 0 aliphatic carbocycles. The van der Waals surface area contributed by atoms with Crippen LogP contribution >= 0.6 is 22.9 Å². The molecule has 19 heavy (non-hydrogen) atoms. The second-order valence-electron chi connectivity index (χ2n) is 4.17. The fourth-order valence-electron chi connectivity index (χ4n) is 1.87. The van der Waals surface area contributed by atoms with Crippen LogP contribution in [0.4, 0.5) is 0 Å². The minimum Gasteiger partial charge on any atom is -0.338 e. The van der Waals surface area contributed by atoms with E-state index in [1.807, 2.05) is 18.2 Å².